The number of ether oxygens (including phenoxy) is 1. The summed E-state index contributed by atoms with van der Waals surface area (Å²) >= 11 is 0. The first kappa shape index (κ1) is 15.2. The molecule has 1 aromatic carbocycles. The van der Waals surface area contributed by atoms with Crippen LogP contribution < -0.4 is 9.64 Å². The summed E-state index contributed by atoms with van der Waals surface area (Å²) in [7, 11) is 2.07. The van der Waals surface area contributed by atoms with Crippen molar-refractivity contribution in [2.24, 2.45) is 0 Å². The van der Waals surface area contributed by atoms with Gasteiger partial charge >= 0.3 is 5.97 Å². The number of para-hydroxylation sites is 1. The van der Waals surface area contributed by atoms with Crippen molar-refractivity contribution in [2.75, 3.05) is 38.1 Å². The number of carboxylic acid groups (broad SMARTS) is 1. The zero-order chi connectivity index (χ0) is 16.2. The first-order valence-corrected chi connectivity index (χ1v) is 7.40. The molecule has 2 heterocycles. The fourth-order valence-corrected chi connectivity index (χ4v) is 2.34. The van der Waals surface area contributed by atoms with Crippen LogP contribution in [-0.4, -0.2) is 59.2 Å². The third kappa shape index (κ3) is 3.57. The van der Waals surface area contributed by atoms with Crippen LogP contribution in [0.5, 0.6) is 11.6 Å². The van der Waals surface area contributed by atoms with E-state index < -0.39 is 5.97 Å². The van der Waals surface area contributed by atoms with Gasteiger partial charge in [-0.1, -0.05) is 18.2 Å². The molecule has 0 spiro atoms. The number of aromatic nitrogens is 2. The standard InChI is InChI=1S/C16H18N4O3/c1-19-7-9-20(10-8-19)16-17-11-13(15(21)22)14(18-16)23-12-5-3-2-4-6-12/h2-6,11H,7-10H2,1H3,(H,21,22). The van der Waals surface area contributed by atoms with E-state index in [1.165, 1.54) is 6.20 Å². The monoisotopic (exact) mass is 314 g/mol. The van der Waals surface area contributed by atoms with Gasteiger partial charge in [0.15, 0.2) is 0 Å². The van der Waals surface area contributed by atoms with Crippen molar-refractivity contribution in [3.63, 3.8) is 0 Å². The highest BCUT2D eigenvalue weighted by Crippen LogP contribution is 2.25. The zero-order valence-electron chi connectivity index (χ0n) is 12.8. The number of hydrogen-bond donors (Lipinski definition) is 1. The van der Waals surface area contributed by atoms with E-state index in [9.17, 15) is 9.90 Å². The Hall–Kier alpha value is -2.67. The molecule has 3 rings (SSSR count). The number of rotatable bonds is 4. The van der Waals surface area contributed by atoms with Gasteiger partial charge in [0.25, 0.3) is 0 Å². The van der Waals surface area contributed by atoms with Crippen LogP contribution in [0.15, 0.2) is 36.5 Å². The molecule has 1 aliphatic heterocycles. The maximum Gasteiger partial charge on any atom is 0.342 e. The molecule has 0 atom stereocenters. The average molecular weight is 314 g/mol. The fraction of sp³-hybridized carbons (Fsp3) is 0.312. The van der Waals surface area contributed by atoms with Crippen molar-refractivity contribution in [1.82, 2.24) is 14.9 Å². The average Bonchev–Trinajstić information content (AvgIpc) is 2.56. The maximum absolute atomic E-state index is 11.4. The van der Waals surface area contributed by atoms with Crippen molar-refractivity contribution >= 4 is 11.9 Å². The quantitative estimate of drug-likeness (QED) is 0.920. The molecule has 0 unspecified atom stereocenters. The SMILES string of the molecule is CN1CCN(c2ncc(C(=O)O)c(Oc3ccccc3)n2)CC1. The van der Waals surface area contributed by atoms with E-state index in [2.05, 4.69) is 21.9 Å². The predicted octanol–water partition coefficient (Wildman–Crippen LogP) is 1.72. The second-order valence-electron chi connectivity index (χ2n) is 5.40. The van der Waals surface area contributed by atoms with Crippen LogP contribution in [0.3, 0.4) is 0 Å². The molecule has 0 bridgehead atoms. The number of hydrogen-bond acceptors (Lipinski definition) is 6. The summed E-state index contributed by atoms with van der Waals surface area (Å²) in [5.74, 6) is -0.0134. The second-order valence-corrected chi connectivity index (χ2v) is 5.40. The van der Waals surface area contributed by atoms with E-state index in [0.717, 1.165) is 26.2 Å². The first-order valence-electron chi connectivity index (χ1n) is 7.40. The largest absolute Gasteiger partial charge is 0.477 e. The lowest BCUT2D eigenvalue weighted by atomic mass is 10.3. The molecule has 1 aliphatic rings. The topological polar surface area (TPSA) is 78.8 Å². The molecule has 0 amide bonds. The van der Waals surface area contributed by atoms with Gasteiger partial charge in [0.1, 0.15) is 11.3 Å². The minimum Gasteiger partial charge on any atom is -0.477 e. The lowest BCUT2D eigenvalue weighted by Gasteiger charge is -2.32. The van der Waals surface area contributed by atoms with Crippen LogP contribution in [0.1, 0.15) is 10.4 Å². The molecule has 2 aromatic rings. The van der Waals surface area contributed by atoms with Gasteiger partial charge in [-0.25, -0.2) is 9.78 Å². The summed E-state index contributed by atoms with van der Waals surface area (Å²) in [5, 5.41) is 9.30. The van der Waals surface area contributed by atoms with Crippen LogP contribution in [-0.2, 0) is 0 Å². The van der Waals surface area contributed by atoms with Gasteiger partial charge in [0.05, 0.1) is 6.20 Å². The van der Waals surface area contributed by atoms with Crippen LogP contribution in [0.25, 0.3) is 0 Å². The van der Waals surface area contributed by atoms with Gasteiger partial charge in [-0.05, 0) is 19.2 Å². The van der Waals surface area contributed by atoms with E-state index in [0.29, 0.717) is 11.7 Å². The normalized spacial score (nSPS) is 15.4. The number of piperazine rings is 1. The van der Waals surface area contributed by atoms with Gasteiger partial charge in [-0.15, -0.1) is 0 Å². The van der Waals surface area contributed by atoms with Gasteiger partial charge < -0.3 is 19.6 Å². The molecule has 1 fully saturated rings. The molecule has 0 aliphatic carbocycles. The van der Waals surface area contributed by atoms with Crippen molar-refractivity contribution in [1.29, 1.82) is 0 Å². The molecular formula is C16H18N4O3. The Morgan fingerprint density at radius 3 is 2.52 bits per heavy atom. The third-order valence-corrected chi connectivity index (χ3v) is 3.72. The molecule has 120 valence electrons. The first-order chi connectivity index (χ1) is 11.1. The predicted molar refractivity (Wildman–Crippen MR) is 85.2 cm³/mol. The van der Waals surface area contributed by atoms with Gasteiger partial charge in [-0.3, -0.25) is 0 Å². The molecule has 1 saturated heterocycles. The van der Waals surface area contributed by atoms with Crippen LogP contribution >= 0.6 is 0 Å². The Balaban J connectivity index is 1.89. The van der Waals surface area contributed by atoms with Crippen molar-refractivity contribution in [3.05, 3.63) is 42.1 Å². The van der Waals surface area contributed by atoms with Crippen LogP contribution in [0.4, 0.5) is 5.95 Å². The highest BCUT2D eigenvalue weighted by Gasteiger charge is 2.21. The molecule has 7 nitrogen and oxygen atoms in total. The summed E-state index contributed by atoms with van der Waals surface area (Å²) in [6, 6.07) is 9.00. The zero-order valence-corrected chi connectivity index (χ0v) is 12.8. The molecule has 0 saturated carbocycles. The number of anilines is 1. The van der Waals surface area contributed by atoms with Gasteiger partial charge in [0, 0.05) is 26.2 Å². The summed E-state index contributed by atoms with van der Waals surface area (Å²) < 4.78 is 5.65. The van der Waals surface area contributed by atoms with Crippen molar-refractivity contribution in [2.45, 2.75) is 0 Å². The maximum atomic E-state index is 11.4. The molecule has 1 N–H and O–H groups in total. The Bertz CT molecular complexity index is 685. The minimum absolute atomic E-state index is 0.0493. The second kappa shape index (κ2) is 6.62. The Kier molecular flexibility index (Phi) is 4.38. The molecular weight excluding hydrogens is 296 g/mol. The number of carboxylic acids is 1. The lowest BCUT2D eigenvalue weighted by Crippen LogP contribution is -2.45. The van der Waals surface area contributed by atoms with E-state index >= 15 is 0 Å². The summed E-state index contributed by atoms with van der Waals surface area (Å²) in [6.07, 6.45) is 1.31. The number of carbonyl (C=O) groups is 1. The van der Waals surface area contributed by atoms with Gasteiger partial charge in [-0.2, -0.15) is 4.98 Å². The van der Waals surface area contributed by atoms with E-state index in [1.54, 1.807) is 12.1 Å². The highest BCUT2D eigenvalue weighted by molar-refractivity contribution is 5.90. The molecule has 1 aromatic heterocycles. The van der Waals surface area contributed by atoms with E-state index in [-0.39, 0.29) is 11.4 Å². The molecule has 0 radical (unpaired) electrons. The van der Waals surface area contributed by atoms with Crippen molar-refractivity contribution in [3.8, 4) is 11.6 Å². The number of benzene rings is 1. The minimum atomic E-state index is -1.11. The number of aromatic carboxylic acids is 1. The van der Waals surface area contributed by atoms with Crippen LogP contribution in [0.2, 0.25) is 0 Å². The number of nitrogens with zero attached hydrogens (tertiary/aromatic N) is 4. The molecule has 23 heavy (non-hydrogen) atoms. The fourth-order valence-electron chi connectivity index (χ4n) is 2.34. The third-order valence-electron chi connectivity index (χ3n) is 3.72. The molecule has 7 heteroatoms. The van der Waals surface area contributed by atoms with Gasteiger partial charge in [0.2, 0.25) is 11.8 Å². The summed E-state index contributed by atoms with van der Waals surface area (Å²) in [4.78, 5) is 24.1. The Labute approximate surface area is 134 Å². The Morgan fingerprint density at radius 2 is 1.87 bits per heavy atom. The smallest absolute Gasteiger partial charge is 0.342 e. The van der Waals surface area contributed by atoms with Crippen LogP contribution in [0, 0.1) is 0 Å². The lowest BCUT2D eigenvalue weighted by molar-refractivity contribution is 0.0693. The van der Waals surface area contributed by atoms with E-state index in [4.69, 9.17) is 4.74 Å². The highest BCUT2D eigenvalue weighted by atomic mass is 16.5. The summed E-state index contributed by atoms with van der Waals surface area (Å²) in [5.41, 5.74) is -0.0493. The van der Waals surface area contributed by atoms with E-state index in [1.807, 2.05) is 23.1 Å². The number of likely N-dealkylation sites (N-methyl/N-ethyl adjacent to an activating group) is 1. The van der Waals surface area contributed by atoms with Crippen molar-refractivity contribution < 1.29 is 14.6 Å². The Morgan fingerprint density at radius 1 is 1.17 bits per heavy atom. The summed E-state index contributed by atoms with van der Waals surface area (Å²) in [6.45, 7) is 3.43.